The van der Waals surface area contributed by atoms with E-state index < -0.39 is 0 Å². The molecule has 0 radical (unpaired) electrons. The van der Waals surface area contributed by atoms with Crippen LogP contribution in [0, 0.1) is 0 Å². The molecule has 2 N–H and O–H groups in total. The number of carbonyl (C=O) groups excluding carboxylic acids is 1. The van der Waals surface area contributed by atoms with Gasteiger partial charge in [0.15, 0.2) is 0 Å². The van der Waals surface area contributed by atoms with Gasteiger partial charge in [-0.2, -0.15) is 0 Å². The number of hydrogen-bond acceptors (Lipinski definition) is 3. The van der Waals surface area contributed by atoms with Crippen LogP contribution in [0.2, 0.25) is 0 Å². The summed E-state index contributed by atoms with van der Waals surface area (Å²) in [6.07, 6.45) is 0.539. The van der Waals surface area contributed by atoms with Gasteiger partial charge >= 0.3 is 5.97 Å². The molecule has 0 spiro atoms. The van der Waals surface area contributed by atoms with Crippen LogP contribution in [0.4, 0.5) is 0 Å². The van der Waals surface area contributed by atoms with Crippen molar-refractivity contribution in [3.63, 3.8) is 0 Å². The molecule has 0 bridgehead atoms. The van der Waals surface area contributed by atoms with Crippen LogP contribution in [0.3, 0.4) is 0 Å². The highest BCUT2D eigenvalue weighted by Crippen LogP contribution is 1.90. The van der Waals surface area contributed by atoms with Crippen molar-refractivity contribution in [3.8, 4) is 0 Å². The van der Waals surface area contributed by atoms with E-state index in [0.717, 1.165) is 37.2 Å². The van der Waals surface area contributed by atoms with Gasteiger partial charge in [0.05, 0.1) is 19.5 Å². The first-order valence-corrected chi connectivity index (χ1v) is 6.61. The SMILES string of the molecule is O=C(CCI)OCC[NH+]1CCNCC1. The number of quaternary nitrogens is 1. The Morgan fingerprint density at radius 2 is 2.14 bits per heavy atom. The van der Waals surface area contributed by atoms with E-state index in [9.17, 15) is 4.79 Å². The summed E-state index contributed by atoms with van der Waals surface area (Å²) in [7, 11) is 0. The Morgan fingerprint density at radius 1 is 1.43 bits per heavy atom. The lowest BCUT2D eigenvalue weighted by atomic mass is 10.3. The van der Waals surface area contributed by atoms with Crippen LogP contribution in [0.5, 0.6) is 0 Å². The Labute approximate surface area is 98.5 Å². The average Bonchev–Trinajstić information content (AvgIpc) is 2.20. The largest absolute Gasteiger partial charge is 0.460 e. The van der Waals surface area contributed by atoms with Crippen LogP contribution in [-0.2, 0) is 9.53 Å². The van der Waals surface area contributed by atoms with Crippen LogP contribution < -0.4 is 10.2 Å². The smallest absolute Gasteiger partial charge is 0.306 e. The molecule has 0 aromatic rings. The third-order valence-electron chi connectivity index (χ3n) is 2.33. The molecule has 5 heteroatoms. The summed E-state index contributed by atoms with van der Waals surface area (Å²) in [5, 5.41) is 3.30. The van der Waals surface area contributed by atoms with Gasteiger partial charge in [0.25, 0.3) is 0 Å². The van der Waals surface area contributed by atoms with Gasteiger partial charge in [0.1, 0.15) is 13.2 Å². The lowest BCUT2D eigenvalue weighted by Crippen LogP contribution is -3.15. The molecule has 1 saturated heterocycles. The van der Waals surface area contributed by atoms with Crippen LogP contribution in [0.1, 0.15) is 6.42 Å². The van der Waals surface area contributed by atoms with Crippen molar-refractivity contribution in [2.45, 2.75) is 6.42 Å². The number of halogens is 1. The maximum Gasteiger partial charge on any atom is 0.306 e. The molecule has 0 saturated carbocycles. The van der Waals surface area contributed by atoms with E-state index in [2.05, 4.69) is 27.9 Å². The van der Waals surface area contributed by atoms with Crippen molar-refractivity contribution in [3.05, 3.63) is 0 Å². The third kappa shape index (κ3) is 5.11. The van der Waals surface area contributed by atoms with Gasteiger partial charge in [-0.05, 0) is 0 Å². The van der Waals surface area contributed by atoms with Gasteiger partial charge < -0.3 is 15.0 Å². The number of ether oxygens (including phenoxy) is 1. The van der Waals surface area contributed by atoms with Crippen molar-refractivity contribution in [2.75, 3.05) is 43.8 Å². The molecular formula is C9H18IN2O2+. The Bertz CT molecular complexity index is 172. The van der Waals surface area contributed by atoms with Gasteiger partial charge in [-0.3, -0.25) is 4.79 Å². The minimum absolute atomic E-state index is 0.0612. The number of rotatable bonds is 5. The molecule has 4 nitrogen and oxygen atoms in total. The van der Waals surface area contributed by atoms with Crippen molar-refractivity contribution in [2.24, 2.45) is 0 Å². The average molecular weight is 313 g/mol. The molecule has 0 aromatic carbocycles. The predicted molar refractivity (Wildman–Crippen MR) is 62.9 cm³/mol. The lowest BCUT2D eigenvalue weighted by molar-refractivity contribution is -0.902. The van der Waals surface area contributed by atoms with E-state index in [1.807, 2.05) is 0 Å². The van der Waals surface area contributed by atoms with Gasteiger partial charge in [-0.15, -0.1) is 0 Å². The molecule has 0 amide bonds. The highest BCUT2D eigenvalue weighted by Gasteiger charge is 2.12. The summed E-state index contributed by atoms with van der Waals surface area (Å²) in [6, 6.07) is 0. The van der Waals surface area contributed by atoms with Crippen LogP contribution >= 0.6 is 22.6 Å². The molecule has 0 unspecified atom stereocenters. The van der Waals surface area contributed by atoms with Gasteiger partial charge in [-0.25, -0.2) is 0 Å². The van der Waals surface area contributed by atoms with Crippen LogP contribution in [0.15, 0.2) is 0 Å². The summed E-state index contributed by atoms with van der Waals surface area (Å²) >= 11 is 2.18. The number of piperazine rings is 1. The Kier molecular flexibility index (Phi) is 6.46. The fraction of sp³-hybridized carbons (Fsp3) is 0.889. The zero-order chi connectivity index (χ0) is 10.2. The van der Waals surface area contributed by atoms with E-state index in [1.54, 1.807) is 0 Å². The fourth-order valence-corrected chi connectivity index (χ4v) is 1.93. The van der Waals surface area contributed by atoms with Crippen molar-refractivity contribution < 1.29 is 14.4 Å². The monoisotopic (exact) mass is 313 g/mol. The number of alkyl halides is 1. The van der Waals surface area contributed by atoms with E-state index in [-0.39, 0.29) is 5.97 Å². The van der Waals surface area contributed by atoms with Crippen LogP contribution in [-0.4, -0.2) is 49.7 Å². The predicted octanol–water partition coefficient (Wildman–Crippen LogP) is -1.16. The first-order chi connectivity index (χ1) is 6.83. The van der Waals surface area contributed by atoms with E-state index in [1.165, 1.54) is 4.90 Å². The topological polar surface area (TPSA) is 42.8 Å². The van der Waals surface area contributed by atoms with Crippen LogP contribution in [0.25, 0.3) is 0 Å². The van der Waals surface area contributed by atoms with E-state index in [4.69, 9.17) is 4.74 Å². The summed E-state index contributed by atoms with van der Waals surface area (Å²) in [6.45, 7) is 5.97. The highest BCUT2D eigenvalue weighted by atomic mass is 127. The molecule has 0 aliphatic carbocycles. The van der Waals surface area contributed by atoms with Crippen molar-refractivity contribution in [1.29, 1.82) is 0 Å². The van der Waals surface area contributed by atoms with Crippen molar-refractivity contribution >= 4 is 28.6 Å². The first kappa shape index (κ1) is 12.2. The minimum atomic E-state index is -0.0612. The lowest BCUT2D eigenvalue weighted by Gasteiger charge is -2.23. The number of hydrogen-bond donors (Lipinski definition) is 2. The number of esters is 1. The first-order valence-electron chi connectivity index (χ1n) is 5.09. The molecular weight excluding hydrogens is 295 g/mol. The van der Waals surface area contributed by atoms with Gasteiger partial charge in [0, 0.05) is 17.5 Å². The summed E-state index contributed by atoms with van der Waals surface area (Å²) in [5.74, 6) is -0.0612. The molecule has 0 atom stereocenters. The van der Waals surface area contributed by atoms with Gasteiger partial charge in [0.2, 0.25) is 0 Å². The molecule has 1 fully saturated rings. The molecule has 0 aromatic heterocycles. The van der Waals surface area contributed by atoms with E-state index in [0.29, 0.717) is 13.0 Å². The molecule has 1 aliphatic heterocycles. The maximum atomic E-state index is 11.0. The Hall–Kier alpha value is 0.120. The second kappa shape index (κ2) is 7.42. The highest BCUT2D eigenvalue weighted by molar-refractivity contribution is 14.1. The maximum absolute atomic E-state index is 11.0. The Morgan fingerprint density at radius 3 is 2.79 bits per heavy atom. The summed E-state index contributed by atoms with van der Waals surface area (Å²) in [5.41, 5.74) is 0. The quantitative estimate of drug-likeness (QED) is 0.382. The molecule has 82 valence electrons. The Balaban J connectivity index is 1.99. The summed E-state index contributed by atoms with van der Waals surface area (Å²) in [4.78, 5) is 12.6. The minimum Gasteiger partial charge on any atom is -0.460 e. The van der Waals surface area contributed by atoms with Gasteiger partial charge in [-0.1, -0.05) is 22.6 Å². The second-order valence-electron chi connectivity index (χ2n) is 3.41. The van der Waals surface area contributed by atoms with Crippen molar-refractivity contribution in [1.82, 2.24) is 5.32 Å². The standard InChI is InChI=1S/C9H17IN2O2/c10-2-1-9(13)14-8-7-12-5-3-11-4-6-12/h11H,1-8H2/p+1. The van der Waals surface area contributed by atoms with E-state index >= 15 is 0 Å². The normalized spacial score (nSPS) is 18.1. The number of carbonyl (C=O) groups is 1. The molecule has 1 rings (SSSR count). The zero-order valence-electron chi connectivity index (χ0n) is 8.35. The molecule has 14 heavy (non-hydrogen) atoms. The summed E-state index contributed by atoms with van der Waals surface area (Å²) < 4.78 is 5.94. The third-order valence-corrected chi connectivity index (χ3v) is 2.87. The zero-order valence-corrected chi connectivity index (χ0v) is 10.5. The second-order valence-corrected chi connectivity index (χ2v) is 4.49. The number of nitrogens with one attached hydrogen (secondary N) is 2. The molecule has 1 aliphatic rings. The fourth-order valence-electron chi connectivity index (χ4n) is 1.49. The molecule has 1 heterocycles.